The maximum atomic E-state index is 13.7. The summed E-state index contributed by atoms with van der Waals surface area (Å²) in [4.78, 5) is 27.8. The van der Waals surface area contributed by atoms with Crippen LogP contribution in [0.15, 0.2) is 42.5 Å². The summed E-state index contributed by atoms with van der Waals surface area (Å²) in [7, 11) is 0. The van der Waals surface area contributed by atoms with Crippen molar-refractivity contribution in [1.82, 2.24) is 4.90 Å². The van der Waals surface area contributed by atoms with Gasteiger partial charge in [0.05, 0.1) is 24.3 Å². The molecule has 9 heteroatoms. The molecular weight excluding hydrogens is 519 g/mol. The third kappa shape index (κ3) is 7.10. The molecular formula is C29H33ClF3NO4. The van der Waals surface area contributed by atoms with E-state index in [-0.39, 0.29) is 17.7 Å². The minimum atomic E-state index is -4.59. The van der Waals surface area contributed by atoms with Crippen molar-refractivity contribution in [3.8, 4) is 0 Å². The van der Waals surface area contributed by atoms with E-state index < -0.39 is 41.5 Å². The summed E-state index contributed by atoms with van der Waals surface area (Å²) in [6.07, 6.45) is -3.23. The number of hydrogen-bond acceptors (Lipinski definition) is 4. The van der Waals surface area contributed by atoms with Gasteiger partial charge in [-0.25, -0.2) is 9.59 Å². The van der Waals surface area contributed by atoms with Gasteiger partial charge in [-0.2, -0.15) is 13.2 Å². The van der Waals surface area contributed by atoms with Crippen molar-refractivity contribution in [2.45, 2.75) is 78.2 Å². The fourth-order valence-corrected chi connectivity index (χ4v) is 4.95. The topological polar surface area (TPSA) is 55.8 Å². The summed E-state index contributed by atoms with van der Waals surface area (Å²) in [6, 6.07) is 7.82. The Labute approximate surface area is 226 Å². The molecule has 1 fully saturated rings. The zero-order valence-corrected chi connectivity index (χ0v) is 23.2. The molecule has 2 aromatic rings. The highest BCUT2D eigenvalue weighted by Crippen LogP contribution is 2.45. The number of esters is 1. The molecule has 0 N–H and O–H groups in total. The Morgan fingerprint density at radius 3 is 2.34 bits per heavy atom. The second-order valence-corrected chi connectivity index (χ2v) is 10.9. The predicted molar refractivity (Wildman–Crippen MR) is 141 cm³/mol. The van der Waals surface area contributed by atoms with Gasteiger partial charge in [-0.3, -0.25) is 4.90 Å². The van der Waals surface area contributed by atoms with Gasteiger partial charge in [-0.05, 0) is 94.8 Å². The summed E-state index contributed by atoms with van der Waals surface area (Å²) < 4.78 is 52.0. The number of hydrogen-bond donors (Lipinski definition) is 0. The maximum Gasteiger partial charge on any atom is 0.416 e. The Hall–Kier alpha value is -3.00. The van der Waals surface area contributed by atoms with E-state index in [1.807, 2.05) is 19.1 Å². The number of carbonyl (C=O) groups excluding carboxylic acids is 2. The van der Waals surface area contributed by atoms with Gasteiger partial charge in [0, 0.05) is 11.1 Å². The van der Waals surface area contributed by atoms with E-state index in [2.05, 4.69) is 0 Å². The number of carbonyl (C=O) groups is 2. The largest absolute Gasteiger partial charge is 0.463 e. The number of halogens is 4. The molecule has 1 saturated heterocycles. The summed E-state index contributed by atoms with van der Waals surface area (Å²) >= 11 is 6.55. The summed E-state index contributed by atoms with van der Waals surface area (Å²) in [5.74, 6) is -0.709. The number of benzene rings is 2. The van der Waals surface area contributed by atoms with Gasteiger partial charge in [-0.1, -0.05) is 35.4 Å². The highest BCUT2D eigenvalue weighted by atomic mass is 35.5. The van der Waals surface area contributed by atoms with E-state index in [9.17, 15) is 22.8 Å². The third-order valence-corrected chi connectivity index (χ3v) is 6.50. The van der Waals surface area contributed by atoms with Gasteiger partial charge in [-0.15, -0.1) is 0 Å². The first-order valence-electron chi connectivity index (χ1n) is 12.5. The Bertz CT molecular complexity index is 1230. The Kier molecular flexibility index (Phi) is 8.86. The SMILES string of the molecule is CCOC(=O)/C=C(/c1cc(C)cc(C(F)(F)F)c1)[C@@H]1CC[C@@H](c2cc(C)ccc2Cl)N1C(=O)OC(C)(C)C. The van der Waals surface area contributed by atoms with Crippen LogP contribution in [0.2, 0.25) is 5.02 Å². The van der Waals surface area contributed by atoms with Crippen LogP contribution in [-0.4, -0.2) is 35.2 Å². The predicted octanol–water partition coefficient (Wildman–Crippen LogP) is 8.06. The maximum absolute atomic E-state index is 13.7. The molecule has 0 saturated carbocycles. The van der Waals surface area contributed by atoms with Gasteiger partial charge in [0.2, 0.25) is 0 Å². The second kappa shape index (κ2) is 11.4. The summed E-state index contributed by atoms with van der Waals surface area (Å²) in [6.45, 7) is 10.4. The van der Waals surface area contributed by atoms with Gasteiger partial charge in [0.25, 0.3) is 0 Å². The van der Waals surface area contributed by atoms with E-state index >= 15 is 0 Å². The van der Waals surface area contributed by atoms with Crippen LogP contribution >= 0.6 is 11.6 Å². The molecule has 1 heterocycles. The first-order chi connectivity index (χ1) is 17.6. The van der Waals surface area contributed by atoms with Crippen LogP contribution in [0.5, 0.6) is 0 Å². The van der Waals surface area contributed by atoms with E-state index in [0.717, 1.165) is 17.7 Å². The summed E-state index contributed by atoms with van der Waals surface area (Å²) in [5, 5.41) is 0.459. The van der Waals surface area contributed by atoms with Crippen molar-refractivity contribution in [2.24, 2.45) is 0 Å². The number of alkyl halides is 3. The van der Waals surface area contributed by atoms with Gasteiger partial charge in [0.1, 0.15) is 5.60 Å². The molecule has 38 heavy (non-hydrogen) atoms. The number of likely N-dealkylation sites (tertiary alicyclic amines) is 1. The normalized spacial score (nSPS) is 18.5. The van der Waals surface area contributed by atoms with Crippen molar-refractivity contribution in [1.29, 1.82) is 0 Å². The van der Waals surface area contributed by atoms with Gasteiger partial charge in [0.15, 0.2) is 0 Å². The number of nitrogens with zero attached hydrogens (tertiary/aromatic N) is 1. The standard InChI is InChI=1S/C29H33ClF3NO4/c1-7-37-26(35)16-21(19-12-18(3)13-20(15-19)29(31,32)33)24-10-11-25(22-14-17(2)8-9-23(22)30)34(24)27(36)38-28(4,5)6/h8-9,12-16,24-25H,7,10-11H2,1-6H3/b21-16-/t24-,25-/m0/s1. The van der Waals surface area contributed by atoms with Crippen LogP contribution in [-0.2, 0) is 20.4 Å². The van der Waals surface area contributed by atoms with Crippen LogP contribution in [0.3, 0.4) is 0 Å². The van der Waals surface area contributed by atoms with E-state index in [1.54, 1.807) is 46.8 Å². The number of rotatable bonds is 5. The van der Waals surface area contributed by atoms with Crippen molar-refractivity contribution in [3.63, 3.8) is 0 Å². The molecule has 1 aliphatic heterocycles. The van der Waals surface area contributed by atoms with Crippen molar-refractivity contribution in [3.05, 3.63) is 75.3 Å². The molecule has 2 atom stereocenters. The lowest BCUT2D eigenvalue weighted by atomic mass is 9.93. The smallest absolute Gasteiger partial charge is 0.416 e. The molecule has 206 valence electrons. The van der Waals surface area contributed by atoms with Crippen molar-refractivity contribution >= 4 is 29.2 Å². The first kappa shape index (κ1) is 29.6. The number of aryl methyl sites for hydroxylation is 2. The average molecular weight is 552 g/mol. The van der Waals surface area contributed by atoms with Crippen LogP contribution < -0.4 is 0 Å². The van der Waals surface area contributed by atoms with Crippen LogP contribution in [0.1, 0.15) is 74.4 Å². The zero-order chi connectivity index (χ0) is 28.4. The Balaban J connectivity index is 2.21. The fourth-order valence-electron chi connectivity index (χ4n) is 4.71. The molecule has 0 unspecified atom stereocenters. The molecule has 1 aliphatic rings. The highest BCUT2D eigenvalue weighted by Gasteiger charge is 2.43. The monoisotopic (exact) mass is 551 g/mol. The van der Waals surface area contributed by atoms with Crippen LogP contribution in [0.4, 0.5) is 18.0 Å². The van der Waals surface area contributed by atoms with Gasteiger partial charge < -0.3 is 9.47 Å². The molecule has 5 nitrogen and oxygen atoms in total. The van der Waals surface area contributed by atoms with E-state index in [1.165, 1.54) is 11.0 Å². The fraction of sp³-hybridized carbons (Fsp3) is 0.448. The first-order valence-corrected chi connectivity index (χ1v) is 12.8. The Morgan fingerprint density at radius 1 is 1.05 bits per heavy atom. The summed E-state index contributed by atoms with van der Waals surface area (Å²) in [5.41, 5.74) is 0.758. The lowest BCUT2D eigenvalue weighted by Crippen LogP contribution is -2.42. The minimum absolute atomic E-state index is 0.0895. The van der Waals surface area contributed by atoms with Crippen molar-refractivity contribution < 1.29 is 32.2 Å². The highest BCUT2D eigenvalue weighted by molar-refractivity contribution is 6.31. The molecule has 1 amide bonds. The molecule has 0 aromatic heterocycles. The third-order valence-electron chi connectivity index (χ3n) is 6.16. The van der Waals surface area contributed by atoms with Crippen LogP contribution in [0.25, 0.3) is 5.57 Å². The van der Waals surface area contributed by atoms with Gasteiger partial charge >= 0.3 is 18.2 Å². The number of ether oxygens (including phenoxy) is 2. The molecule has 0 aliphatic carbocycles. The average Bonchev–Trinajstić information content (AvgIpc) is 3.22. The molecule has 0 bridgehead atoms. The quantitative estimate of drug-likeness (QED) is 0.278. The van der Waals surface area contributed by atoms with Crippen molar-refractivity contribution in [2.75, 3.05) is 6.61 Å². The lowest BCUT2D eigenvalue weighted by Gasteiger charge is -2.34. The number of amides is 1. The molecule has 3 rings (SSSR count). The van der Waals surface area contributed by atoms with E-state index in [0.29, 0.717) is 29.0 Å². The van der Waals surface area contributed by atoms with E-state index in [4.69, 9.17) is 21.1 Å². The van der Waals surface area contributed by atoms with Crippen LogP contribution in [0, 0.1) is 13.8 Å². The lowest BCUT2D eigenvalue weighted by molar-refractivity contribution is -0.138. The molecule has 2 aromatic carbocycles. The molecule has 0 spiro atoms. The Morgan fingerprint density at radius 2 is 1.74 bits per heavy atom. The molecule has 0 radical (unpaired) electrons. The minimum Gasteiger partial charge on any atom is -0.463 e. The zero-order valence-electron chi connectivity index (χ0n) is 22.4. The second-order valence-electron chi connectivity index (χ2n) is 10.5.